The fourth-order valence-electron chi connectivity index (χ4n) is 1.85. The van der Waals surface area contributed by atoms with Gasteiger partial charge in [0.05, 0.1) is 17.9 Å². The molecule has 0 aromatic heterocycles. The number of aliphatic hydroxyl groups excluding tert-OH is 1. The van der Waals surface area contributed by atoms with Crippen molar-refractivity contribution >= 4 is 11.6 Å². The second-order valence-electron chi connectivity index (χ2n) is 4.36. The molecule has 4 N–H and O–H groups in total. The van der Waals surface area contributed by atoms with E-state index in [1.807, 2.05) is 6.07 Å². The number of nitrogens with one attached hydrogen (secondary N) is 1. The van der Waals surface area contributed by atoms with Gasteiger partial charge in [-0.15, -0.1) is 0 Å². The number of amides is 1. The van der Waals surface area contributed by atoms with Crippen molar-refractivity contribution in [1.29, 1.82) is 0 Å². The van der Waals surface area contributed by atoms with E-state index in [1.165, 1.54) is 18.2 Å². The Morgan fingerprint density at radius 1 is 1.20 bits per heavy atom. The van der Waals surface area contributed by atoms with E-state index in [2.05, 4.69) is 5.32 Å². The number of carbonyl (C=O) groups excluding carboxylic acids is 1. The van der Waals surface area contributed by atoms with Crippen LogP contribution < -0.4 is 11.1 Å². The first-order valence-corrected chi connectivity index (χ1v) is 6.12. The molecule has 0 spiro atoms. The number of hydrogen-bond acceptors (Lipinski definition) is 3. The summed E-state index contributed by atoms with van der Waals surface area (Å²) in [5.74, 6) is -1.05. The number of nitrogens with two attached hydrogens (primary N) is 1. The summed E-state index contributed by atoms with van der Waals surface area (Å²) in [6, 6.07) is 11.3. The topological polar surface area (TPSA) is 75.4 Å². The van der Waals surface area contributed by atoms with E-state index in [9.17, 15) is 9.18 Å². The van der Waals surface area contributed by atoms with Gasteiger partial charge in [-0.1, -0.05) is 30.3 Å². The van der Waals surface area contributed by atoms with Crippen LogP contribution in [-0.4, -0.2) is 11.0 Å². The van der Waals surface area contributed by atoms with Gasteiger partial charge in [0.25, 0.3) is 5.91 Å². The Hall–Kier alpha value is -2.40. The number of hydrogen-bond donors (Lipinski definition) is 3. The Balaban J connectivity index is 2.06. The summed E-state index contributed by atoms with van der Waals surface area (Å²) in [5, 5.41) is 11.7. The number of aliphatic hydroxyl groups is 1. The highest BCUT2D eigenvalue weighted by molar-refractivity contribution is 5.99. The monoisotopic (exact) mass is 274 g/mol. The number of anilines is 1. The molecule has 0 aliphatic carbocycles. The van der Waals surface area contributed by atoms with Gasteiger partial charge in [0, 0.05) is 6.54 Å². The molecule has 2 aromatic rings. The van der Waals surface area contributed by atoms with Gasteiger partial charge in [0.1, 0.15) is 5.82 Å². The van der Waals surface area contributed by atoms with Gasteiger partial charge in [-0.2, -0.15) is 0 Å². The van der Waals surface area contributed by atoms with Crippen molar-refractivity contribution in [3.63, 3.8) is 0 Å². The molecule has 2 rings (SSSR count). The number of nitrogen functional groups attached to an aromatic ring is 1. The Morgan fingerprint density at radius 3 is 2.65 bits per heavy atom. The Kier molecular flexibility index (Phi) is 4.32. The zero-order chi connectivity index (χ0) is 14.5. The third-order valence-corrected chi connectivity index (χ3v) is 2.92. The molecule has 0 saturated heterocycles. The number of carbonyl (C=O) groups is 1. The second-order valence-corrected chi connectivity index (χ2v) is 4.36. The molecule has 5 heteroatoms. The maximum Gasteiger partial charge on any atom is 0.253 e. The van der Waals surface area contributed by atoms with Crippen molar-refractivity contribution < 1.29 is 14.3 Å². The van der Waals surface area contributed by atoms with E-state index in [0.717, 1.165) is 11.1 Å². The second kappa shape index (κ2) is 6.16. The molecule has 2 aromatic carbocycles. The van der Waals surface area contributed by atoms with E-state index >= 15 is 0 Å². The van der Waals surface area contributed by atoms with Crippen molar-refractivity contribution in [1.82, 2.24) is 5.32 Å². The third-order valence-electron chi connectivity index (χ3n) is 2.92. The number of para-hydroxylation sites is 1. The molecule has 104 valence electrons. The summed E-state index contributed by atoms with van der Waals surface area (Å²) in [6.07, 6.45) is 0. The molecule has 0 aliphatic rings. The summed E-state index contributed by atoms with van der Waals surface area (Å²) in [6.45, 7) is 0.223. The van der Waals surface area contributed by atoms with Crippen LogP contribution >= 0.6 is 0 Å². The molecule has 0 heterocycles. The molecule has 0 radical (unpaired) electrons. The van der Waals surface area contributed by atoms with Crippen LogP contribution in [0, 0.1) is 5.82 Å². The maximum atomic E-state index is 13.3. The minimum absolute atomic E-state index is 0.0569. The highest BCUT2D eigenvalue weighted by Crippen LogP contribution is 2.15. The molecule has 20 heavy (non-hydrogen) atoms. The van der Waals surface area contributed by atoms with Crippen LogP contribution in [0.2, 0.25) is 0 Å². The van der Waals surface area contributed by atoms with Crippen molar-refractivity contribution in [3.8, 4) is 0 Å². The summed E-state index contributed by atoms with van der Waals surface area (Å²) in [5.41, 5.74) is 7.10. The largest absolute Gasteiger partial charge is 0.396 e. The normalized spacial score (nSPS) is 10.3. The van der Waals surface area contributed by atoms with E-state index in [-0.39, 0.29) is 24.4 Å². The summed E-state index contributed by atoms with van der Waals surface area (Å²) in [7, 11) is 0. The lowest BCUT2D eigenvalue weighted by atomic mass is 10.1. The molecule has 0 aliphatic heterocycles. The van der Waals surface area contributed by atoms with Gasteiger partial charge >= 0.3 is 0 Å². The molecule has 0 saturated carbocycles. The lowest BCUT2D eigenvalue weighted by molar-refractivity contribution is 0.0951. The zero-order valence-corrected chi connectivity index (χ0v) is 10.8. The Bertz CT molecular complexity index is 629. The molecule has 0 fully saturated rings. The Morgan fingerprint density at radius 2 is 1.90 bits per heavy atom. The molecular weight excluding hydrogens is 259 g/mol. The molecular formula is C15H15FN2O2. The fourth-order valence-corrected chi connectivity index (χ4v) is 1.85. The summed E-state index contributed by atoms with van der Waals surface area (Å²) < 4.78 is 13.3. The number of benzene rings is 2. The molecule has 0 atom stereocenters. The van der Waals surface area contributed by atoms with Crippen LogP contribution in [-0.2, 0) is 13.2 Å². The van der Waals surface area contributed by atoms with Crippen molar-refractivity contribution in [2.24, 2.45) is 0 Å². The van der Waals surface area contributed by atoms with E-state index < -0.39 is 11.7 Å². The first-order chi connectivity index (χ1) is 9.61. The van der Waals surface area contributed by atoms with Crippen LogP contribution in [0.3, 0.4) is 0 Å². The lowest BCUT2D eigenvalue weighted by Crippen LogP contribution is -2.24. The predicted molar refractivity (Wildman–Crippen MR) is 74.3 cm³/mol. The number of halogens is 1. The SMILES string of the molecule is Nc1c(F)cccc1C(=O)NCc1cccc(CO)c1. The molecule has 0 bridgehead atoms. The summed E-state index contributed by atoms with van der Waals surface area (Å²) >= 11 is 0. The smallest absolute Gasteiger partial charge is 0.253 e. The van der Waals surface area contributed by atoms with Crippen LogP contribution in [0.4, 0.5) is 10.1 Å². The highest BCUT2D eigenvalue weighted by atomic mass is 19.1. The molecule has 1 amide bonds. The average molecular weight is 274 g/mol. The van der Waals surface area contributed by atoms with Gasteiger partial charge in [-0.25, -0.2) is 4.39 Å². The van der Waals surface area contributed by atoms with E-state index in [1.54, 1.807) is 18.2 Å². The summed E-state index contributed by atoms with van der Waals surface area (Å²) in [4.78, 5) is 11.9. The van der Waals surface area contributed by atoms with Crippen LogP contribution in [0.25, 0.3) is 0 Å². The predicted octanol–water partition coefficient (Wildman–Crippen LogP) is 1.83. The van der Waals surface area contributed by atoms with Crippen molar-refractivity contribution in [3.05, 3.63) is 65.0 Å². The average Bonchev–Trinajstić information content (AvgIpc) is 2.48. The minimum Gasteiger partial charge on any atom is -0.396 e. The van der Waals surface area contributed by atoms with Gasteiger partial charge in [0.2, 0.25) is 0 Å². The quantitative estimate of drug-likeness (QED) is 0.744. The lowest BCUT2D eigenvalue weighted by Gasteiger charge is -2.08. The molecule has 4 nitrogen and oxygen atoms in total. The van der Waals surface area contributed by atoms with Gasteiger partial charge in [-0.3, -0.25) is 4.79 Å². The third kappa shape index (κ3) is 3.13. The highest BCUT2D eigenvalue weighted by Gasteiger charge is 2.12. The van der Waals surface area contributed by atoms with Gasteiger partial charge in [0.15, 0.2) is 0 Å². The van der Waals surface area contributed by atoms with Gasteiger partial charge < -0.3 is 16.2 Å². The molecule has 0 unspecified atom stereocenters. The van der Waals surface area contributed by atoms with Crippen molar-refractivity contribution in [2.45, 2.75) is 13.2 Å². The first kappa shape index (κ1) is 14.0. The van der Waals surface area contributed by atoms with E-state index in [4.69, 9.17) is 10.8 Å². The first-order valence-electron chi connectivity index (χ1n) is 6.12. The Labute approximate surface area is 116 Å². The van der Waals surface area contributed by atoms with Crippen molar-refractivity contribution in [2.75, 3.05) is 5.73 Å². The standard InChI is InChI=1S/C15H15FN2O2/c16-13-6-2-5-12(14(13)17)15(20)18-8-10-3-1-4-11(7-10)9-19/h1-7,19H,8-9,17H2,(H,18,20). The zero-order valence-electron chi connectivity index (χ0n) is 10.8. The van der Waals surface area contributed by atoms with Crippen LogP contribution in [0.5, 0.6) is 0 Å². The van der Waals surface area contributed by atoms with E-state index in [0.29, 0.717) is 0 Å². The van der Waals surface area contributed by atoms with Gasteiger partial charge in [-0.05, 0) is 23.3 Å². The maximum absolute atomic E-state index is 13.3. The van der Waals surface area contributed by atoms with Crippen LogP contribution in [0.15, 0.2) is 42.5 Å². The van der Waals surface area contributed by atoms with Crippen LogP contribution in [0.1, 0.15) is 21.5 Å². The number of rotatable bonds is 4. The minimum atomic E-state index is -0.611. The fraction of sp³-hybridized carbons (Fsp3) is 0.133.